The number of rotatable bonds is 4. The summed E-state index contributed by atoms with van der Waals surface area (Å²) in [6.07, 6.45) is 1.48. The molecule has 1 amide bonds. The number of nitrogens with zero attached hydrogens (tertiary/aromatic N) is 5. The molecule has 0 radical (unpaired) electrons. The molecule has 20 heavy (non-hydrogen) atoms. The highest BCUT2D eigenvalue weighted by atomic mass is 16.3. The molecule has 1 aromatic carbocycles. The Labute approximate surface area is 116 Å². The summed E-state index contributed by atoms with van der Waals surface area (Å²) >= 11 is 0. The van der Waals surface area contributed by atoms with Gasteiger partial charge in [-0.15, -0.1) is 5.10 Å². The van der Waals surface area contributed by atoms with Gasteiger partial charge in [-0.2, -0.15) is 0 Å². The molecule has 7 heteroatoms. The molecule has 0 unspecified atom stereocenters. The monoisotopic (exact) mass is 275 g/mol. The molecule has 0 fully saturated rings. The van der Waals surface area contributed by atoms with E-state index in [9.17, 15) is 9.90 Å². The van der Waals surface area contributed by atoms with E-state index in [-0.39, 0.29) is 12.5 Å². The first-order valence-corrected chi connectivity index (χ1v) is 6.18. The Bertz CT molecular complexity index is 572. The molecule has 1 heterocycles. The molecular weight excluding hydrogens is 258 g/mol. The van der Waals surface area contributed by atoms with Crippen LogP contribution in [0.4, 0.5) is 0 Å². The van der Waals surface area contributed by atoms with E-state index in [1.807, 2.05) is 0 Å². The van der Waals surface area contributed by atoms with Crippen LogP contribution in [0.25, 0.3) is 5.69 Å². The van der Waals surface area contributed by atoms with Crippen LogP contribution in [0.5, 0.6) is 0 Å². The van der Waals surface area contributed by atoms with E-state index in [0.717, 1.165) is 5.69 Å². The first-order valence-electron chi connectivity index (χ1n) is 6.18. The first-order chi connectivity index (χ1) is 9.37. The Kier molecular flexibility index (Phi) is 3.80. The lowest BCUT2D eigenvalue weighted by molar-refractivity contribution is 0.0368. The first kappa shape index (κ1) is 14.1. The van der Waals surface area contributed by atoms with Crippen molar-refractivity contribution < 1.29 is 9.90 Å². The second-order valence-electron chi connectivity index (χ2n) is 5.27. The molecule has 1 aromatic heterocycles. The zero-order valence-corrected chi connectivity index (χ0v) is 11.7. The van der Waals surface area contributed by atoms with Gasteiger partial charge >= 0.3 is 0 Å². The molecule has 2 rings (SSSR count). The Morgan fingerprint density at radius 1 is 1.35 bits per heavy atom. The van der Waals surface area contributed by atoms with E-state index < -0.39 is 5.60 Å². The van der Waals surface area contributed by atoms with E-state index in [1.165, 1.54) is 15.9 Å². The largest absolute Gasteiger partial charge is 0.389 e. The molecule has 0 spiro atoms. The van der Waals surface area contributed by atoms with Crippen LogP contribution in [0.2, 0.25) is 0 Å². The van der Waals surface area contributed by atoms with Crippen LogP contribution in [0, 0.1) is 0 Å². The highest BCUT2D eigenvalue weighted by molar-refractivity contribution is 5.94. The van der Waals surface area contributed by atoms with Gasteiger partial charge in [0.2, 0.25) is 0 Å². The minimum Gasteiger partial charge on any atom is -0.389 e. The lowest BCUT2D eigenvalue weighted by atomic mass is 10.1. The summed E-state index contributed by atoms with van der Waals surface area (Å²) in [5.74, 6) is -0.143. The number of benzene rings is 1. The third kappa shape index (κ3) is 3.39. The number of hydrogen-bond donors (Lipinski definition) is 1. The van der Waals surface area contributed by atoms with Gasteiger partial charge in [0.15, 0.2) is 0 Å². The number of likely N-dealkylation sites (N-methyl/N-ethyl adjacent to an activating group) is 1. The standard InChI is InChI=1S/C13H17N5O2/c1-13(2,20)8-17(3)12(19)10-4-6-11(7-5-10)18-9-14-15-16-18/h4-7,9,20H,8H2,1-3H3. The fourth-order valence-electron chi connectivity index (χ4n) is 1.91. The van der Waals surface area contributed by atoms with E-state index in [4.69, 9.17) is 0 Å². The Hall–Kier alpha value is -2.28. The Balaban J connectivity index is 2.12. The number of tetrazole rings is 1. The van der Waals surface area contributed by atoms with Crippen molar-refractivity contribution in [2.24, 2.45) is 0 Å². The fourth-order valence-corrected chi connectivity index (χ4v) is 1.91. The lowest BCUT2D eigenvalue weighted by Gasteiger charge is -2.25. The average Bonchev–Trinajstić information content (AvgIpc) is 2.90. The summed E-state index contributed by atoms with van der Waals surface area (Å²) in [7, 11) is 1.66. The third-order valence-corrected chi connectivity index (χ3v) is 2.70. The Morgan fingerprint density at radius 2 is 2.00 bits per heavy atom. The SMILES string of the molecule is CN(CC(C)(C)O)C(=O)c1ccc(-n2cnnn2)cc1. The molecule has 2 aromatic rings. The third-order valence-electron chi connectivity index (χ3n) is 2.70. The molecule has 0 bridgehead atoms. The second kappa shape index (κ2) is 5.38. The fraction of sp³-hybridized carbons (Fsp3) is 0.385. The highest BCUT2D eigenvalue weighted by Gasteiger charge is 2.20. The normalized spacial score (nSPS) is 11.4. The maximum Gasteiger partial charge on any atom is 0.253 e. The molecule has 0 aliphatic carbocycles. The molecule has 0 saturated carbocycles. The highest BCUT2D eigenvalue weighted by Crippen LogP contribution is 2.11. The molecule has 0 aliphatic rings. The topological polar surface area (TPSA) is 84.1 Å². The minimum atomic E-state index is -0.920. The van der Waals surface area contributed by atoms with Gasteiger partial charge in [0, 0.05) is 19.2 Å². The van der Waals surface area contributed by atoms with Crippen molar-refractivity contribution >= 4 is 5.91 Å². The summed E-state index contributed by atoms with van der Waals surface area (Å²) in [5.41, 5.74) is 0.404. The van der Waals surface area contributed by atoms with Crippen molar-refractivity contribution in [3.05, 3.63) is 36.2 Å². The van der Waals surface area contributed by atoms with Crippen molar-refractivity contribution in [2.75, 3.05) is 13.6 Å². The quantitative estimate of drug-likeness (QED) is 0.878. The van der Waals surface area contributed by atoms with Crippen molar-refractivity contribution in [1.29, 1.82) is 0 Å². The van der Waals surface area contributed by atoms with Gasteiger partial charge < -0.3 is 10.0 Å². The van der Waals surface area contributed by atoms with Crippen LogP contribution in [-0.4, -0.2) is 55.3 Å². The van der Waals surface area contributed by atoms with Gasteiger partial charge in [0.05, 0.1) is 11.3 Å². The zero-order chi connectivity index (χ0) is 14.8. The van der Waals surface area contributed by atoms with Crippen molar-refractivity contribution in [2.45, 2.75) is 19.4 Å². The molecular formula is C13H17N5O2. The van der Waals surface area contributed by atoms with Crippen LogP contribution in [0.15, 0.2) is 30.6 Å². The number of aliphatic hydroxyl groups is 1. The molecule has 0 aliphatic heterocycles. The summed E-state index contributed by atoms with van der Waals surface area (Å²) in [5, 5.41) is 20.6. The smallest absolute Gasteiger partial charge is 0.253 e. The second-order valence-corrected chi connectivity index (χ2v) is 5.27. The van der Waals surface area contributed by atoms with Crippen molar-refractivity contribution in [3.8, 4) is 5.69 Å². The van der Waals surface area contributed by atoms with Gasteiger partial charge in [0.1, 0.15) is 6.33 Å². The average molecular weight is 275 g/mol. The molecule has 7 nitrogen and oxygen atoms in total. The number of carbonyl (C=O) groups is 1. The van der Waals surface area contributed by atoms with Crippen LogP contribution in [0.1, 0.15) is 24.2 Å². The molecule has 1 N–H and O–H groups in total. The van der Waals surface area contributed by atoms with Crippen molar-refractivity contribution in [3.63, 3.8) is 0 Å². The van der Waals surface area contributed by atoms with Gasteiger partial charge in [-0.3, -0.25) is 4.79 Å². The maximum atomic E-state index is 12.2. The van der Waals surface area contributed by atoms with Crippen molar-refractivity contribution in [1.82, 2.24) is 25.1 Å². The molecule has 0 saturated heterocycles. The number of hydrogen-bond acceptors (Lipinski definition) is 5. The van der Waals surface area contributed by atoms with Crippen LogP contribution >= 0.6 is 0 Å². The van der Waals surface area contributed by atoms with E-state index in [2.05, 4.69) is 15.5 Å². The van der Waals surface area contributed by atoms with E-state index in [0.29, 0.717) is 5.56 Å². The van der Waals surface area contributed by atoms with E-state index in [1.54, 1.807) is 45.2 Å². The maximum absolute atomic E-state index is 12.2. The molecule has 106 valence electrons. The zero-order valence-electron chi connectivity index (χ0n) is 11.7. The van der Waals surface area contributed by atoms with Gasteiger partial charge in [-0.05, 0) is 48.5 Å². The van der Waals surface area contributed by atoms with Gasteiger partial charge in [0.25, 0.3) is 5.91 Å². The summed E-state index contributed by atoms with van der Waals surface area (Å²) in [6.45, 7) is 3.59. The van der Waals surface area contributed by atoms with Crippen LogP contribution in [0.3, 0.4) is 0 Å². The molecule has 0 atom stereocenters. The number of carbonyl (C=O) groups excluding carboxylic acids is 1. The van der Waals surface area contributed by atoms with Crippen LogP contribution < -0.4 is 0 Å². The summed E-state index contributed by atoms with van der Waals surface area (Å²) < 4.78 is 1.51. The number of aromatic nitrogens is 4. The predicted molar refractivity (Wildman–Crippen MR) is 72.4 cm³/mol. The lowest BCUT2D eigenvalue weighted by Crippen LogP contribution is -2.39. The van der Waals surface area contributed by atoms with Gasteiger partial charge in [-0.25, -0.2) is 4.68 Å². The van der Waals surface area contributed by atoms with E-state index >= 15 is 0 Å². The van der Waals surface area contributed by atoms with Crippen LogP contribution in [-0.2, 0) is 0 Å². The number of amides is 1. The Morgan fingerprint density at radius 3 is 2.50 bits per heavy atom. The minimum absolute atomic E-state index is 0.143. The van der Waals surface area contributed by atoms with Gasteiger partial charge in [-0.1, -0.05) is 0 Å². The summed E-state index contributed by atoms with van der Waals surface area (Å²) in [4.78, 5) is 13.7. The predicted octanol–water partition coefficient (Wildman–Crippen LogP) is 0.505. The summed E-state index contributed by atoms with van der Waals surface area (Å²) in [6, 6.07) is 6.95.